The molecule has 0 spiro atoms. The molecule has 0 saturated carbocycles. The van der Waals surface area contributed by atoms with Crippen LogP contribution >= 0.6 is 15.9 Å². The molecular weight excluding hydrogens is 285 g/mol. The Bertz CT molecular complexity index is 504. The Morgan fingerprint density at radius 2 is 2.12 bits per heavy atom. The highest BCUT2D eigenvalue weighted by Gasteiger charge is 2.16. The van der Waals surface area contributed by atoms with Crippen molar-refractivity contribution >= 4 is 15.9 Å². The third-order valence-electron chi connectivity index (χ3n) is 2.50. The summed E-state index contributed by atoms with van der Waals surface area (Å²) in [6.45, 7) is 0. The fourth-order valence-corrected chi connectivity index (χ4v) is 2.09. The van der Waals surface area contributed by atoms with Crippen LogP contribution in [0.5, 0.6) is 0 Å². The van der Waals surface area contributed by atoms with Gasteiger partial charge in [0.1, 0.15) is 5.82 Å². The van der Waals surface area contributed by atoms with Gasteiger partial charge in [0.25, 0.3) is 0 Å². The van der Waals surface area contributed by atoms with Gasteiger partial charge < -0.3 is 5.32 Å². The number of rotatable bonds is 3. The van der Waals surface area contributed by atoms with Gasteiger partial charge >= 0.3 is 0 Å². The molecule has 1 N–H and O–H groups in total. The predicted molar refractivity (Wildman–Crippen MR) is 67.0 cm³/mol. The molecule has 1 aromatic heterocycles. The van der Waals surface area contributed by atoms with E-state index in [1.807, 2.05) is 6.07 Å². The normalized spacial score (nSPS) is 12.4. The first-order chi connectivity index (χ1) is 8.22. The molecular formula is C12H11BrFN3. The van der Waals surface area contributed by atoms with Gasteiger partial charge in [0.05, 0.1) is 12.2 Å². The van der Waals surface area contributed by atoms with Crippen molar-refractivity contribution in [3.63, 3.8) is 0 Å². The highest BCUT2D eigenvalue weighted by Crippen LogP contribution is 2.26. The Morgan fingerprint density at radius 1 is 1.29 bits per heavy atom. The van der Waals surface area contributed by atoms with E-state index in [-0.39, 0.29) is 11.9 Å². The van der Waals surface area contributed by atoms with Gasteiger partial charge in [-0.05, 0) is 36.9 Å². The zero-order valence-corrected chi connectivity index (χ0v) is 10.8. The minimum atomic E-state index is -0.246. The van der Waals surface area contributed by atoms with Crippen molar-refractivity contribution in [2.45, 2.75) is 6.04 Å². The summed E-state index contributed by atoms with van der Waals surface area (Å²) in [6, 6.07) is 6.46. The molecule has 0 aliphatic rings. The lowest BCUT2D eigenvalue weighted by Crippen LogP contribution is -2.19. The lowest BCUT2D eigenvalue weighted by molar-refractivity contribution is 0.574. The van der Waals surface area contributed by atoms with Gasteiger partial charge in [-0.25, -0.2) is 4.39 Å². The van der Waals surface area contributed by atoms with Crippen LogP contribution < -0.4 is 5.32 Å². The summed E-state index contributed by atoms with van der Waals surface area (Å²) < 4.78 is 14.6. The summed E-state index contributed by atoms with van der Waals surface area (Å²) in [6.07, 6.45) is 3.22. The first-order valence-corrected chi connectivity index (χ1v) is 5.90. The van der Waals surface area contributed by atoms with Crippen LogP contribution in [-0.2, 0) is 0 Å². The van der Waals surface area contributed by atoms with Crippen LogP contribution in [0.1, 0.15) is 17.2 Å². The average molecular weight is 296 g/mol. The van der Waals surface area contributed by atoms with Gasteiger partial charge in [0.15, 0.2) is 0 Å². The van der Waals surface area contributed by atoms with Crippen molar-refractivity contribution in [1.82, 2.24) is 15.5 Å². The number of benzene rings is 1. The number of halogens is 2. The Labute approximate surface area is 107 Å². The summed E-state index contributed by atoms with van der Waals surface area (Å²) in [7, 11) is 1.78. The van der Waals surface area contributed by atoms with Gasteiger partial charge in [-0.2, -0.15) is 10.2 Å². The Hall–Kier alpha value is -1.33. The van der Waals surface area contributed by atoms with Crippen molar-refractivity contribution in [1.29, 1.82) is 0 Å². The molecule has 3 nitrogen and oxygen atoms in total. The van der Waals surface area contributed by atoms with E-state index < -0.39 is 0 Å². The van der Waals surface area contributed by atoms with E-state index in [4.69, 9.17) is 0 Å². The summed E-state index contributed by atoms with van der Waals surface area (Å²) in [4.78, 5) is 0. The van der Waals surface area contributed by atoms with Crippen LogP contribution in [0.15, 0.2) is 41.1 Å². The summed E-state index contributed by atoms with van der Waals surface area (Å²) >= 11 is 3.34. The van der Waals surface area contributed by atoms with Crippen LogP contribution in [-0.4, -0.2) is 17.2 Å². The Morgan fingerprint density at radius 3 is 2.76 bits per heavy atom. The molecule has 0 saturated heterocycles. The molecule has 2 aromatic rings. The predicted octanol–water partition coefficient (Wildman–Crippen LogP) is 2.69. The molecule has 1 aromatic carbocycles. The van der Waals surface area contributed by atoms with Gasteiger partial charge in [-0.3, -0.25) is 0 Å². The number of hydrogen-bond donors (Lipinski definition) is 1. The van der Waals surface area contributed by atoms with E-state index in [1.54, 1.807) is 31.6 Å². The average Bonchev–Trinajstić information content (AvgIpc) is 2.36. The standard InChI is InChI=1S/C12H11BrFN3/c1-15-12(8-4-5-16-17-7-8)10-6-9(13)2-3-11(10)14/h2-7,12,15H,1H3. The second-order valence-corrected chi connectivity index (χ2v) is 4.48. The molecule has 5 heteroatoms. The Kier molecular flexibility index (Phi) is 3.81. The van der Waals surface area contributed by atoms with Crippen LogP contribution in [0, 0.1) is 5.82 Å². The molecule has 0 bridgehead atoms. The maximum absolute atomic E-state index is 13.8. The fraction of sp³-hybridized carbons (Fsp3) is 0.167. The molecule has 17 heavy (non-hydrogen) atoms. The summed E-state index contributed by atoms with van der Waals surface area (Å²) in [5, 5.41) is 10.6. The largest absolute Gasteiger partial charge is 0.309 e. The molecule has 88 valence electrons. The number of hydrogen-bond acceptors (Lipinski definition) is 3. The number of nitrogens with one attached hydrogen (secondary N) is 1. The number of nitrogens with zero attached hydrogens (tertiary/aromatic N) is 2. The minimum Gasteiger partial charge on any atom is -0.309 e. The van der Waals surface area contributed by atoms with Crippen LogP contribution in [0.4, 0.5) is 4.39 Å². The first-order valence-electron chi connectivity index (χ1n) is 5.11. The third-order valence-corrected chi connectivity index (χ3v) is 2.99. The first kappa shape index (κ1) is 12.1. The van der Waals surface area contributed by atoms with Crippen LogP contribution in [0.25, 0.3) is 0 Å². The Balaban J connectivity index is 2.46. The highest BCUT2D eigenvalue weighted by molar-refractivity contribution is 9.10. The van der Waals surface area contributed by atoms with E-state index >= 15 is 0 Å². The van der Waals surface area contributed by atoms with E-state index in [2.05, 4.69) is 31.4 Å². The second-order valence-electron chi connectivity index (χ2n) is 3.56. The molecule has 0 aliphatic carbocycles. The zero-order valence-electron chi connectivity index (χ0n) is 9.19. The molecule has 0 radical (unpaired) electrons. The molecule has 0 fully saturated rings. The van der Waals surface area contributed by atoms with Gasteiger partial charge in [-0.1, -0.05) is 15.9 Å². The molecule has 1 unspecified atom stereocenters. The van der Waals surface area contributed by atoms with E-state index in [9.17, 15) is 4.39 Å². The van der Waals surface area contributed by atoms with Crippen LogP contribution in [0.3, 0.4) is 0 Å². The molecule has 0 aliphatic heterocycles. The van der Waals surface area contributed by atoms with Crippen LogP contribution in [0.2, 0.25) is 0 Å². The van der Waals surface area contributed by atoms with E-state index in [0.717, 1.165) is 10.0 Å². The molecule has 1 atom stereocenters. The maximum atomic E-state index is 13.8. The SMILES string of the molecule is CNC(c1ccnnc1)c1cc(Br)ccc1F. The van der Waals surface area contributed by atoms with Gasteiger partial charge in [0.2, 0.25) is 0 Å². The molecule has 1 heterocycles. The monoisotopic (exact) mass is 295 g/mol. The van der Waals surface area contributed by atoms with Crippen molar-refractivity contribution in [3.05, 3.63) is 58.1 Å². The van der Waals surface area contributed by atoms with Gasteiger partial charge in [-0.15, -0.1) is 0 Å². The quantitative estimate of drug-likeness (QED) is 0.946. The molecule has 2 rings (SSSR count). The summed E-state index contributed by atoms with van der Waals surface area (Å²) in [5.41, 5.74) is 1.45. The molecule has 0 amide bonds. The minimum absolute atomic E-state index is 0.233. The third kappa shape index (κ3) is 2.68. The van der Waals surface area contributed by atoms with E-state index in [0.29, 0.717) is 5.56 Å². The van der Waals surface area contributed by atoms with Crippen molar-refractivity contribution in [3.8, 4) is 0 Å². The van der Waals surface area contributed by atoms with E-state index in [1.165, 1.54) is 6.07 Å². The smallest absolute Gasteiger partial charge is 0.128 e. The lowest BCUT2D eigenvalue weighted by Gasteiger charge is -2.17. The van der Waals surface area contributed by atoms with Crippen molar-refractivity contribution < 1.29 is 4.39 Å². The zero-order chi connectivity index (χ0) is 12.3. The summed E-state index contributed by atoms with van der Waals surface area (Å²) in [5.74, 6) is -0.246. The van der Waals surface area contributed by atoms with Crippen molar-refractivity contribution in [2.75, 3.05) is 7.05 Å². The lowest BCUT2D eigenvalue weighted by atomic mass is 10.0. The number of aromatic nitrogens is 2. The second kappa shape index (κ2) is 5.33. The highest BCUT2D eigenvalue weighted by atomic mass is 79.9. The van der Waals surface area contributed by atoms with Gasteiger partial charge in [0, 0.05) is 16.2 Å². The maximum Gasteiger partial charge on any atom is 0.128 e. The fourth-order valence-electron chi connectivity index (χ4n) is 1.71. The van der Waals surface area contributed by atoms with Crippen molar-refractivity contribution in [2.24, 2.45) is 0 Å². The topological polar surface area (TPSA) is 37.8 Å².